The molecular weight excluding hydrogens is 360 g/mol. The van der Waals surface area contributed by atoms with E-state index in [-0.39, 0.29) is 23.7 Å². The molecule has 0 spiro atoms. The van der Waals surface area contributed by atoms with Crippen LogP contribution in [0.1, 0.15) is 25.3 Å². The van der Waals surface area contributed by atoms with Crippen molar-refractivity contribution >= 4 is 23.7 Å². The average Bonchev–Trinajstić information content (AvgIpc) is 2.94. The summed E-state index contributed by atoms with van der Waals surface area (Å²) in [6, 6.07) is 9.70. The monoisotopic (exact) mass is 384 g/mol. The van der Waals surface area contributed by atoms with Gasteiger partial charge in [0.15, 0.2) is 6.10 Å². The highest BCUT2D eigenvalue weighted by atomic mass is 16.5. The highest BCUT2D eigenvalue weighted by Crippen LogP contribution is 2.34. The summed E-state index contributed by atoms with van der Waals surface area (Å²) in [6.07, 6.45) is 4.47. The van der Waals surface area contributed by atoms with Gasteiger partial charge in [0, 0.05) is 6.54 Å². The second kappa shape index (κ2) is 8.82. The lowest BCUT2D eigenvalue weighted by atomic mass is 9.85. The molecule has 0 bridgehead atoms. The maximum Gasteiger partial charge on any atom is 0.326 e. The number of ether oxygens (including phenoxy) is 1. The fourth-order valence-corrected chi connectivity index (χ4v) is 3.56. The van der Waals surface area contributed by atoms with Crippen molar-refractivity contribution < 1.29 is 23.9 Å². The second-order valence-electron chi connectivity index (χ2n) is 7.08. The van der Waals surface area contributed by atoms with Crippen molar-refractivity contribution in [3.8, 4) is 0 Å². The van der Waals surface area contributed by atoms with Crippen molar-refractivity contribution in [1.82, 2.24) is 10.2 Å². The van der Waals surface area contributed by atoms with Gasteiger partial charge in [-0.3, -0.25) is 24.1 Å². The Morgan fingerprint density at radius 3 is 2.32 bits per heavy atom. The fraction of sp³-hybridized carbons (Fsp3) is 0.429. The zero-order valence-corrected chi connectivity index (χ0v) is 15.8. The first-order valence-corrected chi connectivity index (χ1v) is 9.48. The van der Waals surface area contributed by atoms with Crippen LogP contribution in [0.5, 0.6) is 0 Å². The predicted molar refractivity (Wildman–Crippen MR) is 101 cm³/mol. The Bertz CT molecular complexity index is 763. The number of benzene rings is 1. The summed E-state index contributed by atoms with van der Waals surface area (Å²) in [5.41, 5.74) is 1.09. The number of nitrogens with one attached hydrogen (secondary N) is 1. The van der Waals surface area contributed by atoms with Crippen molar-refractivity contribution in [3.63, 3.8) is 0 Å². The van der Waals surface area contributed by atoms with Crippen LogP contribution in [0.3, 0.4) is 0 Å². The predicted octanol–water partition coefficient (Wildman–Crippen LogP) is 1.23. The van der Waals surface area contributed by atoms with Crippen molar-refractivity contribution in [3.05, 3.63) is 48.0 Å². The smallest absolute Gasteiger partial charge is 0.326 e. The van der Waals surface area contributed by atoms with E-state index < -0.39 is 24.5 Å². The number of fused-ring (bicyclic) bond motifs is 1. The van der Waals surface area contributed by atoms with Gasteiger partial charge in [-0.15, -0.1) is 0 Å². The zero-order chi connectivity index (χ0) is 20.1. The van der Waals surface area contributed by atoms with Crippen LogP contribution in [-0.2, 0) is 30.3 Å². The Hall–Kier alpha value is -2.96. The first-order chi connectivity index (χ1) is 13.5. The molecule has 1 N–H and O–H groups in total. The molecule has 1 heterocycles. The number of nitrogens with zero attached hydrogens (tertiary/aromatic N) is 1. The third kappa shape index (κ3) is 4.47. The molecule has 0 aromatic heterocycles. The molecule has 3 amide bonds. The number of rotatable bonds is 7. The SMILES string of the molecule is CC(OC(=O)CN1C(=O)C2CC=CCC2C1=O)C(=O)NCCc1ccccc1. The molecule has 0 radical (unpaired) electrons. The van der Waals surface area contributed by atoms with Gasteiger partial charge >= 0.3 is 5.97 Å². The largest absolute Gasteiger partial charge is 0.451 e. The van der Waals surface area contributed by atoms with Gasteiger partial charge in [0.2, 0.25) is 11.8 Å². The third-order valence-corrected chi connectivity index (χ3v) is 5.12. The van der Waals surface area contributed by atoms with Crippen LogP contribution in [-0.4, -0.2) is 47.8 Å². The van der Waals surface area contributed by atoms with E-state index in [0.717, 1.165) is 10.5 Å². The number of imide groups is 1. The van der Waals surface area contributed by atoms with Gasteiger partial charge in [-0.25, -0.2) is 0 Å². The minimum atomic E-state index is -1.000. The summed E-state index contributed by atoms with van der Waals surface area (Å²) < 4.78 is 5.11. The summed E-state index contributed by atoms with van der Waals surface area (Å²) in [4.78, 5) is 49.9. The molecule has 28 heavy (non-hydrogen) atoms. The van der Waals surface area contributed by atoms with Crippen LogP contribution in [0.4, 0.5) is 0 Å². The number of amides is 3. The summed E-state index contributed by atoms with van der Waals surface area (Å²) in [6.45, 7) is 1.43. The van der Waals surface area contributed by atoms with E-state index in [4.69, 9.17) is 4.74 Å². The number of esters is 1. The average molecular weight is 384 g/mol. The maximum absolute atomic E-state index is 12.4. The number of hydrogen-bond donors (Lipinski definition) is 1. The molecule has 1 aliphatic heterocycles. The van der Waals surface area contributed by atoms with Crippen LogP contribution in [0, 0.1) is 11.8 Å². The van der Waals surface area contributed by atoms with Crippen LogP contribution in [0.15, 0.2) is 42.5 Å². The molecule has 7 nitrogen and oxygen atoms in total. The van der Waals surface area contributed by atoms with Gasteiger partial charge in [-0.05, 0) is 31.7 Å². The Kier molecular flexibility index (Phi) is 6.23. The van der Waals surface area contributed by atoms with E-state index in [1.807, 2.05) is 42.5 Å². The van der Waals surface area contributed by atoms with Gasteiger partial charge in [-0.1, -0.05) is 42.5 Å². The van der Waals surface area contributed by atoms with E-state index in [2.05, 4.69) is 5.32 Å². The molecule has 1 aromatic carbocycles. The highest BCUT2D eigenvalue weighted by molar-refractivity contribution is 6.07. The Morgan fingerprint density at radius 2 is 1.71 bits per heavy atom. The second-order valence-corrected chi connectivity index (χ2v) is 7.08. The van der Waals surface area contributed by atoms with Gasteiger partial charge in [0.25, 0.3) is 5.91 Å². The van der Waals surface area contributed by atoms with E-state index in [1.54, 1.807) is 0 Å². The molecule has 1 aliphatic carbocycles. The summed E-state index contributed by atoms with van der Waals surface area (Å²) in [5.74, 6) is -2.62. The Balaban J connectivity index is 1.44. The van der Waals surface area contributed by atoms with E-state index in [1.165, 1.54) is 6.92 Å². The molecule has 7 heteroatoms. The molecule has 3 rings (SSSR count). The number of hydrogen-bond acceptors (Lipinski definition) is 5. The summed E-state index contributed by atoms with van der Waals surface area (Å²) in [7, 11) is 0. The number of allylic oxidation sites excluding steroid dienone is 2. The topological polar surface area (TPSA) is 92.8 Å². The lowest BCUT2D eigenvalue weighted by molar-refractivity contribution is -0.159. The minimum Gasteiger partial charge on any atom is -0.451 e. The van der Waals surface area contributed by atoms with E-state index >= 15 is 0 Å². The molecule has 1 saturated heterocycles. The molecule has 0 saturated carbocycles. The van der Waals surface area contributed by atoms with Crippen LogP contribution in [0.25, 0.3) is 0 Å². The molecule has 1 fully saturated rings. The van der Waals surface area contributed by atoms with Gasteiger partial charge in [-0.2, -0.15) is 0 Å². The molecule has 3 unspecified atom stereocenters. The molecule has 3 atom stereocenters. The first kappa shape index (κ1) is 19.8. The highest BCUT2D eigenvalue weighted by Gasteiger charge is 2.47. The van der Waals surface area contributed by atoms with Crippen molar-refractivity contribution in [2.24, 2.45) is 11.8 Å². The van der Waals surface area contributed by atoms with E-state index in [0.29, 0.717) is 25.8 Å². The number of likely N-dealkylation sites (tertiary alicyclic amines) is 1. The standard InChI is InChI=1S/C21H24N2O5/c1-14(19(25)22-12-11-15-7-3-2-4-8-15)28-18(24)13-23-20(26)16-9-5-6-10-17(16)21(23)27/h2-8,14,16-17H,9-13H2,1H3,(H,22,25). The summed E-state index contributed by atoms with van der Waals surface area (Å²) in [5, 5.41) is 2.72. The van der Waals surface area contributed by atoms with Crippen molar-refractivity contribution in [2.75, 3.05) is 13.1 Å². The first-order valence-electron chi connectivity index (χ1n) is 9.48. The third-order valence-electron chi connectivity index (χ3n) is 5.12. The molecule has 2 aliphatic rings. The lowest BCUT2D eigenvalue weighted by Gasteiger charge is -2.17. The minimum absolute atomic E-state index is 0.337. The van der Waals surface area contributed by atoms with Crippen molar-refractivity contribution in [2.45, 2.75) is 32.3 Å². The van der Waals surface area contributed by atoms with Gasteiger partial charge in [0.1, 0.15) is 6.54 Å². The van der Waals surface area contributed by atoms with Crippen molar-refractivity contribution in [1.29, 1.82) is 0 Å². The Morgan fingerprint density at radius 1 is 1.11 bits per heavy atom. The number of carbonyl (C=O) groups is 4. The molecular formula is C21H24N2O5. The van der Waals surface area contributed by atoms with E-state index in [9.17, 15) is 19.2 Å². The fourth-order valence-electron chi connectivity index (χ4n) is 3.56. The molecule has 148 valence electrons. The lowest BCUT2D eigenvalue weighted by Crippen LogP contribution is -2.41. The van der Waals surface area contributed by atoms with Crippen LogP contribution < -0.4 is 5.32 Å². The van der Waals surface area contributed by atoms with Gasteiger partial charge in [0.05, 0.1) is 11.8 Å². The quantitative estimate of drug-likeness (QED) is 0.434. The maximum atomic E-state index is 12.4. The number of carbonyl (C=O) groups excluding carboxylic acids is 4. The Labute approximate surface area is 163 Å². The zero-order valence-electron chi connectivity index (χ0n) is 15.8. The summed E-state index contributed by atoms with van der Waals surface area (Å²) >= 11 is 0. The normalized spacial score (nSPS) is 22.0. The van der Waals surface area contributed by atoms with Gasteiger partial charge < -0.3 is 10.1 Å². The van der Waals surface area contributed by atoms with Crippen LogP contribution >= 0.6 is 0 Å². The van der Waals surface area contributed by atoms with Crippen LogP contribution in [0.2, 0.25) is 0 Å². The molecule has 1 aromatic rings.